The second kappa shape index (κ2) is 11.7. The van der Waals surface area contributed by atoms with E-state index >= 15 is 4.39 Å². The normalized spacial score (nSPS) is 22.6. The van der Waals surface area contributed by atoms with Crippen molar-refractivity contribution >= 4 is 60.8 Å². The number of aromatic nitrogens is 5. The molecule has 1 amide bonds. The fraction of sp³-hybridized carbons (Fsp3) is 0.412. The summed E-state index contributed by atoms with van der Waals surface area (Å²) in [6.45, 7) is 3.37. The van der Waals surface area contributed by atoms with E-state index in [-0.39, 0.29) is 66.4 Å². The quantitative estimate of drug-likeness (QED) is 0.242. The molecule has 12 nitrogen and oxygen atoms in total. The number of benzene rings is 2. The van der Waals surface area contributed by atoms with E-state index in [0.717, 1.165) is 37.1 Å². The van der Waals surface area contributed by atoms with Gasteiger partial charge in [-0.1, -0.05) is 17.7 Å². The van der Waals surface area contributed by atoms with Crippen molar-refractivity contribution < 1.29 is 22.7 Å². The van der Waals surface area contributed by atoms with Gasteiger partial charge in [0.15, 0.2) is 5.82 Å². The largest absolute Gasteiger partial charge is 0.461 e. The molecule has 2 atom stereocenters. The highest BCUT2D eigenvalue weighted by Crippen LogP contribution is 2.48. The molecule has 1 spiro atoms. The predicted molar refractivity (Wildman–Crippen MR) is 185 cm³/mol. The lowest BCUT2D eigenvalue weighted by Gasteiger charge is -2.47. The fourth-order valence-corrected chi connectivity index (χ4v) is 9.84. The number of nitrogen functional groups attached to an aromatic ring is 1. The monoisotopic (exact) mass is 734 g/mol. The predicted octanol–water partition coefficient (Wildman–Crippen LogP) is 5.62. The third kappa shape index (κ3) is 5.00. The number of likely N-dealkylation sites (tertiary alicyclic amines) is 1. The average Bonchev–Trinajstić information content (AvgIpc) is 3.92. The number of ether oxygens (including phenoxy) is 1. The number of hydrogen-bond acceptors (Lipinski definition) is 11. The Morgan fingerprint density at radius 3 is 2.82 bits per heavy atom. The van der Waals surface area contributed by atoms with Crippen LogP contribution in [0.5, 0.6) is 6.01 Å². The lowest BCUT2D eigenvalue weighted by atomic mass is 9.79. The smallest absolute Gasteiger partial charge is 0.346 e. The minimum absolute atomic E-state index is 0.0164. The molecular formula is C34H30ClF3N10O2S. The van der Waals surface area contributed by atoms with E-state index in [9.17, 15) is 18.8 Å². The molecule has 9 rings (SSSR count). The number of hydrogen-bond donors (Lipinski definition) is 1. The second-order valence-corrected chi connectivity index (χ2v) is 15.5. The number of thiophene rings is 1. The van der Waals surface area contributed by atoms with Crippen LogP contribution < -0.4 is 15.4 Å². The van der Waals surface area contributed by atoms with Crippen LogP contribution in [-0.2, 0) is 0 Å². The molecule has 2 aromatic carbocycles. The molecule has 3 aromatic heterocycles. The summed E-state index contributed by atoms with van der Waals surface area (Å²) >= 11 is 7.78. The van der Waals surface area contributed by atoms with E-state index in [1.54, 1.807) is 11.0 Å². The third-order valence-corrected chi connectivity index (χ3v) is 12.3. The summed E-state index contributed by atoms with van der Waals surface area (Å²) in [5, 5.41) is 14.5. The fourth-order valence-electron chi connectivity index (χ4n) is 8.59. The topological polar surface area (TPSA) is 142 Å². The lowest BCUT2D eigenvalue weighted by molar-refractivity contribution is 0.0485. The van der Waals surface area contributed by atoms with Crippen LogP contribution >= 0.6 is 22.9 Å². The molecule has 4 saturated heterocycles. The van der Waals surface area contributed by atoms with Gasteiger partial charge in [-0.15, -0.1) is 11.3 Å². The molecule has 7 heterocycles. The number of nitriles is 1. The molecule has 0 aliphatic carbocycles. The van der Waals surface area contributed by atoms with Crippen LogP contribution in [0, 0.1) is 28.4 Å². The number of nitrogens with two attached hydrogens (primary N) is 1. The molecule has 0 radical (unpaired) electrons. The highest BCUT2D eigenvalue weighted by atomic mass is 35.5. The Labute approximate surface area is 298 Å². The first-order valence-corrected chi connectivity index (χ1v) is 17.8. The first-order valence-electron chi connectivity index (χ1n) is 16.6. The number of halogens is 4. The molecular weight excluding hydrogens is 705 g/mol. The van der Waals surface area contributed by atoms with Crippen molar-refractivity contribution in [3.8, 4) is 23.2 Å². The minimum Gasteiger partial charge on any atom is -0.461 e. The standard InChI is InChI=1S/C34H30ClF3N10O2S/c35-22-8-20-27(26(38)25(22)19-2-3-23(37)28-24(19)21(10-39)29(40)51-28)43-31(50-15-34-4-1-6-47(34)11-18(36)9-34)44-30(20)45-7-5-33(12-45)13-46(14-33)32(49)48-17-41-16-42-48/h2-3,8,16-18H,1,4-7,9,11-15,40H2/t18-,34+/m1/s1. The average molecular weight is 735 g/mol. The number of rotatable bonds is 5. The van der Waals surface area contributed by atoms with E-state index in [0.29, 0.717) is 50.3 Å². The van der Waals surface area contributed by atoms with Gasteiger partial charge in [0, 0.05) is 60.9 Å². The number of carbonyl (C=O) groups is 1. The number of anilines is 2. The first-order chi connectivity index (χ1) is 24.6. The van der Waals surface area contributed by atoms with Crippen LogP contribution in [0.25, 0.3) is 32.1 Å². The van der Waals surface area contributed by atoms with Crippen molar-refractivity contribution in [2.24, 2.45) is 5.41 Å². The Balaban J connectivity index is 1.12. The zero-order valence-electron chi connectivity index (χ0n) is 27.1. The molecule has 4 fully saturated rings. The summed E-state index contributed by atoms with van der Waals surface area (Å²) in [5.41, 5.74) is 5.49. The number of fused-ring (bicyclic) bond motifs is 3. The Morgan fingerprint density at radius 1 is 1.20 bits per heavy atom. The van der Waals surface area contributed by atoms with Crippen molar-refractivity contribution in [2.75, 3.05) is 56.5 Å². The van der Waals surface area contributed by atoms with Crippen LogP contribution in [0.15, 0.2) is 30.9 Å². The van der Waals surface area contributed by atoms with Gasteiger partial charge >= 0.3 is 12.0 Å². The number of carbonyl (C=O) groups excluding carboxylic acids is 1. The molecule has 4 aliphatic heterocycles. The molecule has 51 heavy (non-hydrogen) atoms. The summed E-state index contributed by atoms with van der Waals surface area (Å²) in [5.74, 6) is -0.967. The van der Waals surface area contributed by atoms with Gasteiger partial charge in [0.1, 0.15) is 53.7 Å². The minimum atomic E-state index is -0.958. The molecule has 0 unspecified atom stereocenters. The molecule has 17 heteroatoms. The van der Waals surface area contributed by atoms with Crippen molar-refractivity contribution in [1.82, 2.24) is 34.5 Å². The zero-order chi connectivity index (χ0) is 35.2. The van der Waals surface area contributed by atoms with Gasteiger partial charge in [0.05, 0.1) is 20.8 Å². The number of nitrogens with zero attached hydrogens (tertiary/aromatic N) is 9. The maximum Gasteiger partial charge on any atom is 0.346 e. The Bertz CT molecular complexity index is 2290. The Kier molecular flexibility index (Phi) is 7.36. The van der Waals surface area contributed by atoms with Crippen molar-refractivity contribution in [2.45, 2.75) is 37.4 Å². The number of amides is 1. The molecule has 0 saturated carbocycles. The summed E-state index contributed by atoms with van der Waals surface area (Å²) in [7, 11) is 0. The van der Waals surface area contributed by atoms with Crippen LogP contribution in [0.1, 0.15) is 31.2 Å². The summed E-state index contributed by atoms with van der Waals surface area (Å²) < 4.78 is 54.1. The second-order valence-electron chi connectivity index (χ2n) is 14.0. The Hall–Kier alpha value is -4.72. The van der Waals surface area contributed by atoms with E-state index in [4.69, 9.17) is 27.1 Å². The van der Waals surface area contributed by atoms with Gasteiger partial charge in [-0.25, -0.2) is 22.9 Å². The molecule has 0 bridgehead atoms. The summed E-state index contributed by atoms with van der Waals surface area (Å²) in [4.78, 5) is 31.9. The maximum absolute atomic E-state index is 17.1. The van der Waals surface area contributed by atoms with Crippen molar-refractivity contribution in [1.29, 1.82) is 5.26 Å². The van der Waals surface area contributed by atoms with Gasteiger partial charge in [-0.2, -0.15) is 25.0 Å². The third-order valence-electron chi connectivity index (χ3n) is 10.9. The van der Waals surface area contributed by atoms with Gasteiger partial charge in [0.25, 0.3) is 0 Å². The zero-order valence-corrected chi connectivity index (χ0v) is 28.7. The SMILES string of the molecule is N#Cc1c(N)sc2c(F)ccc(-c3c(Cl)cc4c(N5CCC6(CN(C(=O)n7cncn7)C6)C5)nc(OC[C@@]56CCCN5C[C@H](F)C6)nc4c3F)c12. The Morgan fingerprint density at radius 2 is 2.04 bits per heavy atom. The van der Waals surface area contributed by atoms with Crippen LogP contribution in [-0.4, -0.2) is 98.1 Å². The first kappa shape index (κ1) is 32.2. The van der Waals surface area contributed by atoms with E-state index in [1.807, 2.05) is 11.0 Å². The van der Waals surface area contributed by atoms with Gasteiger partial charge < -0.3 is 20.3 Å². The highest BCUT2D eigenvalue weighted by Gasteiger charge is 2.51. The van der Waals surface area contributed by atoms with Crippen molar-refractivity contribution in [3.05, 3.63) is 53.1 Å². The van der Waals surface area contributed by atoms with Crippen LogP contribution in [0.4, 0.5) is 28.8 Å². The van der Waals surface area contributed by atoms with E-state index in [2.05, 4.69) is 20.0 Å². The molecule has 5 aromatic rings. The van der Waals surface area contributed by atoms with Gasteiger partial charge in [0.2, 0.25) is 0 Å². The van der Waals surface area contributed by atoms with Crippen LogP contribution in [0.2, 0.25) is 5.02 Å². The summed E-state index contributed by atoms with van der Waals surface area (Å²) in [6.07, 6.45) is 4.50. The van der Waals surface area contributed by atoms with Crippen molar-refractivity contribution in [3.63, 3.8) is 0 Å². The highest BCUT2D eigenvalue weighted by molar-refractivity contribution is 7.23. The molecule has 262 valence electrons. The molecule has 4 aliphatic rings. The van der Waals surface area contributed by atoms with E-state index in [1.165, 1.54) is 29.5 Å². The lowest BCUT2D eigenvalue weighted by Crippen LogP contribution is -2.60. The van der Waals surface area contributed by atoms with Crippen LogP contribution in [0.3, 0.4) is 0 Å². The molecule has 2 N–H and O–H groups in total. The van der Waals surface area contributed by atoms with Gasteiger partial charge in [-0.3, -0.25) is 4.90 Å². The van der Waals surface area contributed by atoms with E-state index < -0.39 is 23.3 Å². The maximum atomic E-state index is 17.1. The summed E-state index contributed by atoms with van der Waals surface area (Å²) in [6, 6.07) is 5.87. The van der Waals surface area contributed by atoms with Gasteiger partial charge in [-0.05, 0) is 43.5 Å². The number of alkyl halides is 1.